The summed E-state index contributed by atoms with van der Waals surface area (Å²) < 4.78 is 33.9. The summed E-state index contributed by atoms with van der Waals surface area (Å²) in [5, 5.41) is 19.9. The van der Waals surface area contributed by atoms with Crippen molar-refractivity contribution < 1.29 is 27.6 Å². The number of nitrogens with two attached hydrogens (primary N) is 1. The zero-order valence-electron chi connectivity index (χ0n) is 18.2. The van der Waals surface area contributed by atoms with Crippen LogP contribution in [-0.4, -0.2) is 43.7 Å². The smallest absolute Gasteiger partial charge is 0.255 e. The highest BCUT2D eigenvalue weighted by molar-refractivity contribution is 8.05. The number of aryl methyl sites for hydroxylation is 3. The Hall–Kier alpha value is -2.05. The number of amides is 1. The average molecular weight is 502 g/mol. The Morgan fingerprint density at radius 2 is 2.03 bits per heavy atom. The van der Waals surface area contributed by atoms with Gasteiger partial charge in [0.25, 0.3) is 5.91 Å². The van der Waals surface area contributed by atoms with Crippen LogP contribution in [0.3, 0.4) is 0 Å². The molecule has 0 saturated heterocycles. The molecule has 0 bridgehead atoms. The van der Waals surface area contributed by atoms with Gasteiger partial charge in [-0.3, -0.25) is 9.69 Å². The summed E-state index contributed by atoms with van der Waals surface area (Å²) in [6.07, 6.45) is 1.32. The molecular formula is C20H24ClN3O6S2. The summed E-state index contributed by atoms with van der Waals surface area (Å²) in [7, 11) is -2.87. The number of benzene rings is 1. The lowest BCUT2D eigenvalue weighted by atomic mass is 9.96. The fourth-order valence-electron chi connectivity index (χ4n) is 3.94. The second-order valence-electron chi connectivity index (χ2n) is 7.59. The first kappa shape index (κ1) is 24.6. The van der Waals surface area contributed by atoms with Crippen molar-refractivity contribution in [1.82, 2.24) is 5.16 Å². The van der Waals surface area contributed by atoms with E-state index in [0.717, 1.165) is 11.8 Å². The van der Waals surface area contributed by atoms with Gasteiger partial charge in [-0.1, -0.05) is 28.9 Å². The van der Waals surface area contributed by atoms with Gasteiger partial charge in [-0.15, -0.1) is 11.8 Å². The van der Waals surface area contributed by atoms with Gasteiger partial charge in [-0.05, 0) is 44.2 Å². The van der Waals surface area contributed by atoms with Crippen LogP contribution in [0.5, 0.6) is 5.75 Å². The number of aromatic hydroxyl groups is 1. The van der Waals surface area contributed by atoms with Crippen molar-refractivity contribution in [3.63, 3.8) is 0 Å². The number of primary sulfonamides is 1. The first-order valence-corrected chi connectivity index (χ1v) is 12.3. The predicted molar refractivity (Wildman–Crippen MR) is 123 cm³/mol. The van der Waals surface area contributed by atoms with Crippen LogP contribution in [0.4, 0.5) is 5.69 Å². The third-order valence-electron chi connectivity index (χ3n) is 5.37. The van der Waals surface area contributed by atoms with Gasteiger partial charge in [0.2, 0.25) is 10.0 Å². The summed E-state index contributed by atoms with van der Waals surface area (Å²) >= 11 is 7.31. The number of halogens is 1. The van der Waals surface area contributed by atoms with Crippen molar-refractivity contribution >= 4 is 45.0 Å². The topological polar surface area (TPSA) is 136 Å². The molecule has 1 aliphatic rings. The van der Waals surface area contributed by atoms with E-state index in [1.165, 1.54) is 23.5 Å². The van der Waals surface area contributed by atoms with Crippen molar-refractivity contribution in [2.45, 2.75) is 37.7 Å². The molecule has 0 saturated carbocycles. The monoisotopic (exact) mass is 501 g/mol. The molecule has 3 N–H and O–H groups in total. The number of nitrogens with zero attached hydrogens (tertiary/aromatic N) is 2. The molecule has 2 heterocycles. The second-order valence-corrected chi connectivity index (χ2v) is 10.8. The minimum atomic E-state index is -4.27. The van der Waals surface area contributed by atoms with Gasteiger partial charge in [-0.25, -0.2) is 13.6 Å². The van der Waals surface area contributed by atoms with E-state index in [1.54, 1.807) is 33.8 Å². The number of rotatable bonds is 6. The lowest BCUT2D eigenvalue weighted by Crippen LogP contribution is -2.54. The molecule has 1 aliphatic heterocycles. The SMILES string of the molecule is COCN(C(=O)C1(c2onc(C)c2Cl)SC=CC1S(N)(=O)=O)c1c(C)cc(C)c(O)c1C. The molecule has 12 heteroatoms. The number of ether oxygens (including phenoxy) is 1. The number of methoxy groups -OCH3 is 1. The third-order valence-corrected chi connectivity index (χ3v) is 8.46. The van der Waals surface area contributed by atoms with E-state index < -0.39 is 25.9 Å². The van der Waals surface area contributed by atoms with Crippen molar-refractivity contribution in [3.05, 3.63) is 50.7 Å². The highest BCUT2D eigenvalue weighted by Gasteiger charge is 2.60. The van der Waals surface area contributed by atoms with Gasteiger partial charge in [0, 0.05) is 12.7 Å². The molecule has 1 aromatic heterocycles. The summed E-state index contributed by atoms with van der Waals surface area (Å²) in [4.78, 5) is 15.5. The summed E-state index contributed by atoms with van der Waals surface area (Å²) in [5.74, 6) is -0.799. The molecule has 0 spiro atoms. The van der Waals surface area contributed by atoms with Crippen LogP contribution in [0.1, 0.15) is 28.1 Å². The molecule has 1 aromatic carbocycles. The van der Waals surface area contributed by atoms with E-state index in [-0.39, 0.29) is 23.3 Å². The van der Waals surface area contributed by atoms with Crippen LogP contribution in [-0.2, 0) is 24.3 Å². The molecular weight excluding hydrogens is 478 g/mol. The third kappa shape index (κ3) is 3.81. The van der Waals surface area contributed by atoms with Crippen molar-refractivity contribution in [2.75, 3.05) is 18.7 Å². The number of sulfonamides is 1. The molecule has 3 rings (SSSR count). The van der Waals surface area contributed by atoms with Gasteiger partial charge in [0.1, 0.15) is 22.8 Å². The van der Waals surface area contributed by atoms with Crippen LogP contribution < -0.4 is 10.0 Å². The summed E-state index contributed by atoms with van der Waals surface area (Å²) in [6.45, 7) is 6.53. The highest BCUT2D eigenvalue weighted by atomic mass is 35.5. The maximum atomic E-state index is 14.2. The van der Waals surface area contributed by atoms with Gasteiger partial charge in [0.15, 0.2) is 10.5 Å². The molecule has 9 nitrogen and oxygen atoms in total. The number of hydrogen-bond acceptors (Lipinski definition) is 8. The van der Waals surface area contributed by atoms with Crippen LogP contribution in [0.25, 0.3) is 0 Å². The van der Waals surface area contributed by atoms with E-state index in [9.17, 15) is 18.3 Å². The van der Waals surface area contributed by atoms with Crippen LogP contribution >= 0.6 is 23.4 Å². The number of carbonyl (C=O) groups excluding carboxylic acids is 1. The Labute approximate surface area is 195 Å². The van der Waals surface area contributed by atoms with Gasteiger partial charge in [-0.2, -0.15) is 0 Å². The minimum absolute atomic E-state index is 0.0160. The van der Waals surface area contributed by atoms with Crippen LogP contribution in [0.2, 0.25) is 5.02 Å². The fraction of sp³-hybridized carbons (Fsp3) is 0.400. The van der Waals surface area contributed by atoms with E-state index in [2.05, 4.69) is 5.16 Å². The molecule has 0 radical (unpaired) electrons. The first-order chi connectivity index (χ1) is 14.9. The van der Waals surface area contributed by atoms with E-state index >= 15 is 0 Å². The lowest BCUT2D eigenvalue weighted by molar-refractivity contribution is -0.122. The number of anilines is 1. The van der Waals surface area contributed by atoms with Crippen LogP contribution in [0.15, 0.2) is 22.1 Å². The van der Waals surface area contributed by atoms with Gasteiger partial charge >= 0.3 is 0 Å². The van der Waals surface area contributed by atoms with E-state index in [1.807, 2.05) is 0 Å². The van der Waals surface area contributed by atoms with Gasteiger partial charge < -0.3 is 14.4 Å². The first-order valence-electron chi connectivity index (χ1n) is 9.46. The maximum Gasteiger partial charge on any atom is 0.255 e. The molecule has 174 valence electrons. The normalized spacial score (nSPS) is 20.7. The fourth-order valence-corrected chi connectivity index (χ4v) is 6.97. The standard InChI is InChI=1S/C20H24ClN3O6S2/c1-10-8-11(2)17(25)12(3)16(10)24(9-29-5)19(26)20(18-15(21)13(4)23-30-18)14(6-7-31-20)32(22,27)28/h6-8,14,25H,9H2,1-5H3,(H2,22,27,28). The average Bonchev–Trinajstić information content (AvgIpc) is 3.30. The van der Waals surface area contributed by atoms with E-state index in [4.69, 9.17) is 26.0 Å². The quantitative estimate of drug-likeness (QED) is 0.576. The van der Waals surface area contributed by atoms with Crippen molar-refractivity contribution in [2.24, 2.45) is 5.14 Å². The lowest BCUT2D eigenvalue weighted by Gasteiger charge is -2.36. The number of phenolic OH excluding ortho intramolecular Hbond substituents is 1. The number of phenols is 1. The Bertz CT molecular complexity index is 1210. The molecule has 0 aliphatic carbocycles. The molecule has 32 heavy (non-hydrogen) atoms. The Morgan fingerprint density at radius 3 is 2.56 bits per heavy atom. The number of thioether (sulfide) groups is 1. The Kier molecular flexibility index (Phi) is 6.69. The molecule has 0 fully saturated rings. The highest BCUT2D eigenvalue weighted by Crippen LogP contribution is 2.52. The molecule has 2 atom stereocenters. The largest absolute Gasteiger partial charge is 0.507 e. The van der Waals surface area contributed by atoms with E-state index in [0.29, 0.717) is 28.1 Å². The predicted octanol–water partition coefficient (Wildman–Crippen LogP) is 3.02. The summed E-state index contributed by atoms with van der Waals surface area (Å²) in [5.41, 5.74) is 2.43. The number of aromatic nitrogens is 1. The molecule has 2 unspecified atom stereocenters. The Morgan fingerprint density at radius 1 is 1.38 bits per heavy atom. The van der Waals surface area contributed by atoms with Crippen molar-refractivity contribution in [1.29, 1.82) is 0 Å². The zero-order chi connectivity index (χ0) is 24.0. The maximum absolute atomic E-state index is 14.2. The Balaban J connectivity index is 2.31. The van der Waals surface area contributed by atoms with Crippen LogP contribution in [0, 0.1) is 27.7 Å². The second kappa shape index (κ2) is 8.71. The number of carbonyl (C=O) groups is 1. The number of hydrogen-bond donors (Lipinski definition) is 2. The minimum Gasteiger partial charge on any atom is -0.507 e. The zero-order valence-corrected chi connectivity index (χ0v) is 20.6. The summed E-state index contributed by atoms with van der Waals surface area (Å²) in [6, 6.07) is 1.73. The van der Waals surface area contributed by atoms with Crippen molar-refractivity contribution in [3.8, 4) is 5.75 Å². The molecule has 2 aromatic rings. The van der Waals surface area contributed by atoms with Gasteiger partial charge in [0.05, 0.1) is 11.4 Å². The molecule has 1 amide bonds.